The van der Waals surface area contributed by atoms with E-state index in [1.54, 1.807) is 11.9 Å². The second-order valence-corrected chi connectivity index (χ2v) is 10.7. The van der Waals surface area contributed by atoms with Crippen molar-refractivity contribution in [3.05, 3.63) is 0 Å². The Morgan fingerprint density at radius 1 is 1.13 bits per heavy atom. The van der Waals surface area contributed by atoms with Crippen LogP contribution in [-0.4, -0.2) is 79.2 Å². The summed E-state index contributed by atoms with van der Waals surface area (Å²) in [5, 5.41) is 7.00. The first kappa shape index (κ1) is 23.7. The molecular weight excluding hydrogens is 394 g/mol. The average Bonchev–Trinajstić information content (AvgIpc) is 3.26. The number of hydrogen-bond acceptors (Lipinski definition) is 4. The number of carbonyl (C=O) groups is 2. The summed E-state index contributed by atoms with van der Waals surface area (Å²) in [5.41, 5.74) is -0.808. The Balaban J connectivity index is 1.56. The summed E-state index contributed by atoms with van der Waals surface area (Å²) in [6.07, 6.45) is 7.67. The van der Waals surface area contributed by atoms with E-state index in [1.807, 2.05) is 39.8 Å². The van der Waals surface area contributed by atoms with Gasteiger partial charge in [-0.05, 0) is 59.3 Å². The van der Waals surface area contributed by atoms with E-state index in [1.165, 1.54) is 0 Å². The smallest absolute Gasteiger partial charge is 0.410 e. The molecule has 2 bridgehead atoms. The Bertz CT molecular complexity index is 680. The molecule has 1 saturated carbocycles. The summed E-state index contributed by atoms with van der Waals surface area (Å²) in [6.45, 7) is 6.34. The minimum Gasteiger partial charge on any atom is -0.444 e. The van der Waals surface area contributed by atoms with Crippen molar-refractivity contribution in [3.63, 3.8) is 0 Å². The lowest BCUT2D eigenvalue weighted by atomic mass is 9.84. The van der Waals surface area contributed by atoms with Gasteiger partial charge in [0.15, 0.2) is 5.96 Å². The van der Waals surface area contributed by atoms with Crippen LogP contribution in [0.15, 0.2) is 4.99 Å². The van der Waals surface area contributed by atoms with Gasteiger partial charge < -0.3 is 25.2 Å². The number of aliphatic imine (C=N–C) groups is 1. The third-order valence-electron chi connectivity index (χ3n) is 6.92. The van der Waals surface area contributed by atoms with Crippen molar-refractivity contribution < 1.29 is 14.3 Å². The van der Waals surface area contributed by atoms with E-state index in [0.717, 1.165) is 57.3 Å². The topological polar surface area (TPSA) is 86.3 Å². The first-order valence-corrected chi connectivity index (χ1v) is 11.7. The highest BCUT2D eigenvalue weighted by molar-refractivity contribution is 5.85. The first-order valence-electron chi connectivity index (χ1n) is 11.7. The molecule has 2 unspecified atom stereocenters. The molecule has 2 aliphatic heterocycles. The third-order valence-corrected chi connectivity index (χ3v) is 6.92. The second kappa shape index (κ2) is 9.25. The quantitative estimate of drug-likeness (QED) is 0.524. The Labute approximate surface area is 187 Å². The van der Waals surface area contributed by atoms with E-state index in [4.69, 9.17) is 4.74 Å². The van der Waals surface area contributed by atoms with Crippen LogP contribution in [0.5, 0.6) is 0 Å². The van der Waals surface area contributed by atoms with Crippen LogP contribution in [0.3, 0.4) is 0 Å². The molecule has 1 aliphatic carbocycles. The standard InChI is InChI=1S/C23H41N5O3/c1-22(2,3)31-21(30)28-17-9-10-18(28)14-16(13-17)26-20(24-4)25-15-23(11-7-8-12-23)19(29)27(5)6/h16-18H,7-15H2,1-6H3,(H2,24,25,26). The number of nitrogens with one attached hydrogen (secondary N) is 2. The van der Waals surface area contributed by atoms with Gasteiger partial charge in [0.1, 0.15) is 5.60 Å². The van der Waals surface area contributed by atoms with Gasteiger partial charge in [-0.2, -0.15) is 0 Å². The summed E-state index contributed by atoms with van der Waals surface area (Å²) >= 11 is 0. The van der Waals surface area contributed by atoms with Gasteiger partial charge in [-0.25, -0.2) is 4.79 Å². The van der Waals surface area contributed by atoms with Crippen molar-refractivity contribution in [2.24, 2.45) is 10.4 Å². The molecule has 0 aromatic carbocycles. The van der Waals surface area contributed by atoms with E-state index in [-0.39, 0.29) is 35.5 Å². The number of carbonyl (C=O) groups excluding carboxylic acids is 2. The maximum atomic E-state index is 12.8. The highest BCUT2D eigenvalue weighted by Crippen LogP contribution is 2.39. The van der Waals surface area contributed by atoms with E-state index in [0.29, 0.717) is 6.54 Å². The monoisotopic (exact) mass is 435 g/mol. The summed E-state index contributed by atoms with van der Waals surface area (Å²) in [7, 11) is 5.45. The minimum atomic E-state index is -0.474. The third kappa shape index (κ3) is 5.44. The molecule has 8 heteroatoms. The van der Waals surface area contributed by atoms with Gasteiger partial charge in [-0.1, -0.05) is 12.8 Å². The van der Waals surface area contributed by atoms with Crippen LogP contribution >= 0.6 is 0 Å². The molecule has 3 rings (SSSR count). The average molecular weight is 436 g/mol. The van der Waals surface area contributed by atoms with Crippen LogP contribution in [-0.2, 0) is 9.53 Å². The number of fused-ring (bicyclic) bond motifs is 2. The number of rotatable bonds is 4. The minimum absolute atomic E-state index is 0.189. The Kier molecular flexibility index (Phi) is 7.06. The maximum absolute atomic E-state index is 12.8. The lowest BCUT2D eigenvalue weighted by molar-refractivity contribution is -0.138. The molecule has 2 atom stereocenters. The highest BCUT2D eigenvalue weighted by atomic mass is 16.6. The predicted molar refractivity (Wildman–Crippen MR) is 122 cm³/mol. The molecule has 3 aliphatic rings. The maximum Gasteiger partial charge on any atom is 0.410 e. The van der Waals surface area contributed by atoms with Gasteiger partial charge in [-0.3, -0.25) is 9.79 Å². The van der Waals surface area contributed by atoms with Crippen LogP contribution in [0, 0.1) is 5.41 Å². The van der Waals surface area contributed by atoms with Gasteiger partial charge in [0, 0.05) is 45.8 Å². The van der Waals surface area contributed by atoms with E-state index in [9.17, 15) is 9.59 Å². The largest absolute Gasteiger partial charge is 0.444 e. The van der Waals surface area contributed by atoms with Crippen molar-refractivity contribution in [1.82, 2.24) is 20.4 Å². The Morgan fingerprint density at radius 3 is 2.19 bits per heavy atom. The number of piperidine rings is 1. The fourth-order valence-corrected chi connectivity index (χ4v) is 5.54. The van der Waals surface area contributed by atoms with E-state index in [2.05, 4.69) is 15.6 Å². The summed E-state index contributed by atoms with van der Waals surface area (Å²) in [6, 6.07) is 0.674. The zero-order chi connectivity index (χ0) is 22.8. The second-order valence-electron chi connectivity index (χ2n) is 10.7. The van der Waals surface area contributed by atoms with Gasteiger partial charge in [0.2, 0.25) is 5.91 Å². The van der Waals surface area contributed by atoms with Crippen LogP contribution in [0.4, 0.5) is 4.79 Å². The molecule has 2 amide bonds. The summed E-state index contributed by atoms with van der Waals surface area (Å²) in [5.74, 6) is 0.949. The fraction of sp³-hybridized carbons (Fsp3) is 0.870. The van der Waals surface area contributed by atoms with Gasteiger partial charge >= 0.3 is 6.09 Å². The zero-order valence-electron chi connectivity index (χ0n) is 20.2. The van der Waals surface area contributed by atoms with Crippen LogP contribution < -0.4 is 10.6 Å². The number of ether oxygens (including phenoxy) is 1. The molecule has 176 valence electrons. The molecule has 0 spiro atoms. The number of hydrogen-bond donors (Lipinski definition) is 2. The summed E-state index contributed by atoms with van der Waals surface area (Å²) < 4.78 is 5.64. The fourth-order valence-electron chi connectivity index (χ4n) is 5.54. The molecule has 8 nitrogen and oxygen atoms in total. The Morgan fingerprint density at radius 2 is 1.71 bits per heavy atom. The molecule has 2 saturated heterocycles. The van der Waals surface area contributed by atoms with Crippen LogP contribution in [0.2, 0.25) is 0 Å². The van der Waals surface area contributed by atoms with Gasteiger partial charge in [0.25, 0.3) is 0 Å². The molecule has 0 radical (unpaired) electrons. The number of nitrogens with zero attached hydrogens (tertiary/aromatic N) is 3. The molecule has 3 fully saturated rings. The van der Waals surface area contributed by atoms with Crippen LogP contribution in [0.25, 0.3) is 0 Å². The SMILES string of the molecule is CN=C(NCC1(C(=O)N(C)C)CCCC1)NC1CC2CCC(C1)N2C(=O)OC(C)(C)C. The van der Waals surface area contributed by atoms with Crippen molar-refractivity contribution in [2.45, 2.75) is 95.9 Å². The van der Waals surface area contributed by atoms with Crippen molar-refractivity contribution in [3.8, 4) is 0 Å². The molecule has 0 aromatic heterocycles. The Hall–Kier alpha value is -1.99. The van der Waals surface area contributed by atoms with Gasteiger partial charge in [0.05, 0.1) is 5.41 Å². The summed E-state index contributed by atoms with van der Waals surface area (Å²) in [4.78, 5) is 33.6. The molecule has 2 heterocycles. The van der Waals surface area contributed by atoms with Crippen LogP contribution in [0.1, 0.15) is 72.1 Å². The normalized spacial score (nSPS) is 27.7. The first-order chi connectivity index (χ1) is 14.5. The zero-order valence-corrected chi connectivity index (χ0v) is 20.2. The van der Waals surface area contributed by atoms with E-state index < -0.39 is 5.60 Å². The molecule has 2 N–H and O–H groups in total. The molecule has 0 aromatic rings. The predicted octanol–water partition coefficient (Wildman–Crippen LogP) is 2.73. The van der Waals surface area contributed by atoms with Crippen molar-refractivity contribution >= 4 is 18.0 Å². The lowest BCUT2D eigenvalue weighted by Crippen LogP contribution is -2.56. The van der Waals surface area contributed by atoms with E-state index >= 15 is 0 Å². The lowest BCUT2D eigenvalue weighted by Gasteiger charge is -2.40. The number of amides is 2. The van der Waals surface area contributed by atoms with Crippen molar-refractivity contribution in [1.29, 1.82) is 0 Å². The van der Waals surface area contributed by atoms with Gasteiger partial charge in [-0.15, -0.1) is 0 Å². The van der Waals surface area contributed by atoms with Crippen molar-refractivity contribution in [2.75, 3.05) is 27.7 Å². The molecule has 31 heavy (non-hydrogen) atoms. The highest BCUT2D eigenvalue weighted by Gasteiger charge is 2.45. The number of guanidine groups is 1. The molecular formula is C23H41N5O3.